The van der Waals surface area contributed by atoms with E-state index in [2.05, 4.69) is 9.62 Å². The zero-order valence-electron chi connectivity index (χ0n) is 18.7. The van der Waals surface area contributed by atoms with Crippen molar-refractivity contribution in [1.82, 2.24) is 4.90 Å². The van der Waals surface area contributed by atoms with Crippen LogP contribution in [-0.2, 0) is 10.0 Å². The van der Waals surface area contributed by atoms with E-state index in [1.165, 1.54) is 12.1 Å². The van der Waals surface area contributed by atoms with Crippen molar-refractivity contribution < 1.29 is 22.7 Å². The lowest BCUT2D eigenvalue weighted by Gasteiger charge is -2.39. The second kappa shape index (κ2) is 9.68. The number of nitrogens with one attached hydrogen (secondary N) is 1. The van der Waals surface area contributed by atoms with Crippen molar-refractivity contribution in [2.75, 3.05) is 30.6 Å². The van der Waals surface area contributed by atoms with E-state index < -0.39 is 21.5 Å². The third kappa shape index (κ3) is 6.37. The van der Waals surface area contributed by atoms with Crippen LogP contribution in [0.1, 0.15) is 48.7 Å². The number of sulfonamides is 1. The first kappa shape index (κ1) is 24.4. The van der Waals surface area contributed by atoms with E-state index in [0.717, 1.165) is 25.6 Å². The molecule has 0 radical (unpaired) electrons. The van der Waals surface area contributed by atoms with Crippen molar-refractivity contribution in [3.63, 3.8) is 0 Å². The molecule has 2 aromatic rings. The van der Waals surface area contributed by atoms with Crippen molar-refractivity contribution in [3.05, 3.63) is 65.5 Å². The van der Waals surface area contributed by atoms with Crippen LogP contribution >= 0.6 is 0 Å². The minimum Gasteiger partial charge on any atom is -0.388 e. The average Bonchev–Trinajstić information content (AvgIpc) is 2.72. The van der Waals surface area contributed by atoms with Crippen LogP contribution in [0.15, 0.2) is 48.5 Å². The van der Waals surface area contributed by atoms with Crippen LogP contribution in [0.5, 0.6) is 0 Å². The summed E-state index contributed by atoms with van der Waals surface area (Å²) in [6, 6.07) is 12.4. The second-order valence-electron chi connectivity index (χ2n) is 9.30. The van der Waals surface area contributed by atoms with E-state index in [9.17, 15) is 22.7 Å². The summed E-state index contributed by atoms with van der Waals surface area (Å²) in [5.41, 5.74) is 0.981. The van der Waals surface area contributed by atoms with Gasteiger partial charge in [0.2, 0.25) is 10.0 Å². The summed E-state index contributed by atoms with van der Waals surface area (Å²) >= 11 is 0. The standard InChI is InChI=1S/C24H31FN2O4S/c1-24(2,23(29)18-8-12-21(13-9-18)26-32(3,30)31)16-27-14-4-5-19(15-27)22(28)17-6-10-20(25)11-7-17/h6-13,19,22,26,28H,4-5,14-16H2,1-3H3. The van der Waals surface area contributed by atoms with Gasteiger partial charge in [-0.05, 0) is 61.3 Å². The van der Waals surface area contributed by atoms with Gasteiger partial charge in [-0.2, -0.15) is 0 Å². The molecular formula is C24H31FN2O4S. The number of halogens is 1. The van der Waals surface area contributed by atoms with E-state index in [-0.39, 0.29) is 17.5 Å². The van der Waals surface area contributed by atoms with Gasteiger partial charge in [-0.15, -0.1) is 0 Å². The molecule has 0 bridgehead atoms. The Labute approximate surface area is 189 Å². The number of ketones is 1. The second-order valence-corrected chi connectivity index (χ2v) is 11.0. The Bertz CT molecular complexity index is 1040. The number of Topliss-reactive ketones (excluding diaryl/α,β-unsaturated/α-hetero) is 1. The Kier molecular flexibility index (Phi) is 7.37. The Morgan fingerprint density at radius 3 is 2.41 bits per heavy atom. The molecular weight excluding hydrogens is 431 g/mol. The molecule has 0 aromatic heterocycles. The molecule has 1 saturated heterocycles. The summed E-state index contributed by atoms with van der Waals surface area (Å²) in [6.07, 6.45) is 2.19. The number of rotatable bonds is 8. The van der Waals surface area contributed by atoms with E-state index in [1.54, 1.807) is 36.4 Å². The summed E-state index contributed by atoms with van der Waals surface area (Å²) in [6.45, 7) is 5.85. The molecule has 3 rings (SSSR count). The number of carbonyl (C=O) groups excluding carboxylic acids is 1. The fraction of sp³-hybridized carbons (Fsp3) is 0.458. The minimum atomic E-state index is -3.37. The smallest absolute Gasteiger partial charge is 0.229 e. The van der Waals surface area contributed by atoms with Gasteiger partial charge >= 0.3 is 0 Å². The van der Waals surface area contributed by atoms with E-state index in [4.69, 9.17) is 0 Å². The molecule has 1 heterocycles. The van der Waals surface area contributed by atoms with Gasteiger partial charge in [-0.25, -0.2) is 12.8 Å². The number of likely N-dealkylation sites (tertiary alicyclic amines) is 1. The maximum Gasteiger partial charge on any atom is 0.229 e. The molecule has 0 amide bonds. The largest absolute Gasteiger partial charge is 0.388 e. The molecule has 2 atom stereocenters. The molecule has 1 fully saturated rings. The van der Waals surface area contributed by atoms with Crippen LogP contribution in [0, 0.1) is 17.2 Å². The molecule has 32 heavy (non-hydrogen) atoms. The topological polar surface area (TPSA) is 86.7 Å². The summed E-state index contributed by atoms with van der Waals surface area (Å²) in [5.74, 6) is -0.335. The number of aliphatic hydroxyl groups is 1. The zero-order chi connectivity index (χ0) is 23.5. The van der Waals surface area contributed by atoms with Crippen LogP contribution in [0.25, 0.3) is 0 Å². The number of hydrogen-bond acceptors (Lipinski definition) is 5. The number of aliphatic hydroxyl groups excluding tert-OH is 1. The number of benzene rings is 2. The minimum absolute atomic E-state index is 0.0152. The molecule has 0 aliphatic carbocycles. The van der Waals surface area contributed by atoms with E-state index in [1.807, 2.05) is 13.8 Å². The maximum atomic E-state index is 13.2. The average molecular weight is 463 g/mol. The number of piperidine rings is 1. The first-order valence-corrected chi connectivity index (χ1v) is 12.6. The van der Waals surface area contributed by atoms with E-state index in [0.29, 0.717) is 29.9 Å². The predicted molar refractivity (Wildman–Crippen MR) is 124 cm³/mol. The van der Waals surface area contributed by atoms with Crippen molar-refractivity contribution >= 4 is 21.5 Å². The summed E-state index contributed by atoms with van der Waals surface area (Å²) in [4.78, 5) is 15.4. The Morgan fingerprint density at radius 2 is 1.81 bits per heavy atom. The van der Waals surface area contributed by atoms with Crippen molar-refractivity contribution in [3.8, 4) is 0 Å². The van der Waals surface area contributed by atoms with E-state index >= 15 is 0 Å². The fourth-order valence-corrected chi connectivity index (χ4v) is 4.91. The quantitative estimate of drug-likeness (QED) is 0.582. The number of carbonyl (C=O) groups is 1. The molecule has 2 N–H and O–H groups in total. The van der Waals surface area contributed by atoms with Crippen LogP contribution in [0.2, 0.25) is 0 Å². The summed E-state index contributed by atoms with van der Waals surface area (Å²) < 4.78 is 38.3. The summed E-state index contributed by atoms with van der Waals surface area (Å²) in [5, 5.41) is 10.8. The molecule has 1 aliphatic rings. The van der Waals surface area contributed by atoms with Gasteiger partial charge in [0.05, 0.1) is 12.4 Å². The molecule has 6 nitrogen and oxygen atoms in total. The van der Waals surface area contributed by atoms with Crippen molar-refractivity contribution in [2.24, 2.45) is 11.3 Å². The van der Waals surface area contributed by atoms with Crippen molar-refractivity contribution in [2.45, 2.75) is 32.8 Å². The first-order valence-electron chi connectivity index (χ1n) is 10.7. The van der Waals surface area contributed by atoms with Crippen molar-refractivity contribution in [1.29, 1.82) is 0 Å². The third-order valence-corrected chi connectivity index (χ3v) is 6.49. The monoisotopic (exact) mass is 462 g/mol. The lowest BCUT2D eigenvalue weighted by atomic mass is 9.82. The van der Waals surface area contributed by atoms with Crippen LogP contribution in [-0.4, -0.2) is 50.1 Å². The van der Waals surface area contributed by atoms with Gasteiger partial charge < -0.3 is 10.0 Å². The summed E-state index contributed by atoms with van der Waals surface area (Å²) in [7, 11) is -3.37. The molecule has 1 aliphatic heterocycles. The lowest BCUT2D eigenvalue weighted by molar-refractivity contribution is 0.0352. The molecule has 2 unspecified atom stereocenters. The maximum absolute atomic E-state index is 13.2. The van der Waals surface area contributed by atoms with Crippen LogP contribution in [0.3, 0.4) is 0 Å². The highest BCUT2D eigenvalue weighted by Crippen LogP contribution is 2.32. The molecule has 0 saturated carbocycles. The SMILES string of the molecule is CC(C)(CN1CCCC(C(O)c2ccc(F)cc2)C1)C(=O)c1ccc(NS(C)(=O)=O)cc1. The number of hydrogen-bond donors (Lipinski definition) is 2. The van der Waals surface area contributed by atoms with Gasteiger partial charge in [-0.3, -0.25) is 9.52 Å². The van der Waals surface area contributed by atoms with Crippen LogP contribution < -0.4 is 4.72 Å². The Hall–Kier alpha value is -2.29. The third-order valence-electron chi connectivity index (χ3n) is 5.88. The highest BCUT2D eigenvalue weighted by Gasteiger charge is 2.34. The molecule has 2 aromatic carbocycles. The Morgan fingerprint density at radius 1 is 1.19 bits per heavy atom. The lowest BCUT2D eigenvalue weighted by Crippen LogP contribution is -2.45. The fourth-order valence-electron chi connectivity index (χ4n) is 4.35. The van der Waals surface area contributed by atoms with Gasteiger partial charge in [-0.1, -0.05) is 26.0 Å². The zero-order valence-corrected chi connectivity index (χ0v) is 19.5. The van der Waals surface area contributed by atoms with Gasteiger partial charge in [0.25, 0.3) is 0 Å². The molecule has 0 spiro atoms. The molecule has 8 heteroatoms. The molecule has 174 valence electrons. The van der Waals surface area contributed by atoms with Gasteiger partial charge in [0.15, 0.2) is 5.78 Å². The number of nitrogens with zero attached hydrogens (tertiary/aromatic N) is 1. The normalized spacial score (nSPS) is 18.8. The highest BCUT2D eigenvalue weighted by atomic mass is 32.2. The predicted octanol–water partition coefficient (Wildman–Crippen LogP) is 3.85. The highest BCUT2D eigenvalue weighted by molar-refractivity contribution is 7.92. The van der Waals surface area contributed by atoms with Crippen LogP contribution in [0.4, 0.5) is 10.1 Å². The number of anilines is 1. The Balaban J connectivity index is 1.64. The van der Waals surface area contributed by atoms with Gasteiger partial charge in [0, 0.05) is 35.7 Å². The first-order chi connectivity index (χ1) is 14.9. The van der Waals surface area contributed by atoms with Gasteiger partial charge in [0.1, 0.15) is 5.82 Å².